The molecule has 0 aliphatic carbocycles. The van der Waals surface area contributed by atoms with Gasteiger partial charge in [-0.2, -0.15) is 0 Å². The van der Waals surface area contributed by atoms with E-state index in [0.29, 0.717) is 18.0 Å². The summed E-state index contributed by atoms with van der Waals surface area (Å²) in [4.78, 5) is 1.90. The van der Waals surface area contributed by atoms with E-state index in [2.05, 4.69) is 0 Å². The maximum absolute atomic E-state index is 12.9. The van der Waals surface area contributed by atoms with Crippen LogP contribution in [-0.4, -0.2) is 5.11 Å². The predicted molar refractivity (Wildman–Crippen MR) is 93.8 cm³/mol. The van der Waals surface area contributed by atoms with Crippen molar-refractivity contribution in [2.45, 2.75) is 16.4 Å². The van der Waals surface area contributed by atoms with Crippen molar-refractivity contribution in [3.8, 4) is 11.5 Å². The minimum Gasteiger partial charge on any atom is -0.508 e. The van der Waals surface area contributed by atoms with Crippen molar-refractivity contribution in [3.63, 3.8) is 0 Å². The van der Waals surface area contributed by atoms with Gasteiger partial charge >= 0.3 is 0 Å². The Hall–Kier alpha value is -2.66. The fraction of sp³-hybridized carbons (Fsp3) is 0.0526. The Labute approximate surface area is 143 Å². The Morgan fingerprint density at radius 1 is 0.958 bits per heavy atom. The van der Waals surface area contributed by atoms with Crippen LogP contribution in [0.2, 0.25) is 0 Å². The Morgan fingerprint density at radius 2 is 1.67 bits per heavy atom. The van der Waals surface area contributed by atoms with Gasteiger partial charge in [0.1, 0.15) is 23.9 Å². The number of hydrogen-bond acceptors (Lipinski definition) is 4. The van der Waals surface area contributed by atoms with E-state index in [1.165, 1.54) is 23.9 Å². The molecule has 0 aliphatic heterocycles. The SMILES string of the molecule is Nc1cc(OCc2ccc(F)cc2)ccc1Sc1ccc(O)cc1. The lowest BCUT2D eigenvalue weighted by Gasteiger charge is -2.10. The minimum absolute atomic E-state index is 0.233. The van der Waals surface area contributed by atoms with E-state index in [1.54, 1.807) is 30.3 Å². The van der Waals surface area contributed by atoms with E-state index in [4.69, 9.17) is 10.5 Å². The number of ether oxygens (including phenoxy) is 1. The number of rotatable bonds is 5. The Kier molecular flexibility index (Phi) is 4.91. The van der Waals surface area contributed by atoms with Crippen LogP contribution in [0.3, 0.4) is 0 Å². The third-order valence-electron chi connectivity index (χ3n) is 3.36. The van der Waals surface area contributed by atoms with E-state index in [0.717, 1.165) is 15.4 Å². The van der Waals surface area contributed by atoms with Gasteiger partial charge in [-0.1, -0.05) is 23.9 Å². The second-order valence-electron chi connectivity index (χ2n) is 5.21. The van der Waals surface area contributed by atoms with Gasteiger partial charge < -0.3 is 15.6 Å². The highest BCUT2D eigenvalue weighted by atomic mass is 32.2. The van der Waals surface area contributed by atoms with Crippen LogP contribution in [0.1, 0.15) is 5.56 Å². The lowest BCUT2D eigenvalue weighted by Crippen LogP contribution is -1.97. The number of phenolic OH excluding ortho intramolecular Hbond substituents is 1. The second kappa shape index (κ2) is 7.27. The van der Waals surface area contributed by atoms with Crippen molar-refractivity contribution in [3.05, 3.63) is 78.1 Å². The summed E-state index contributed by atoms with van der Waals surface area (Å²) in [6, 6.07) is 18.6. The summed E-state index contributed by atoms with van der Waals surface area (Å²) in [5.41, 5.74) is 7.59. The van der Waals surface area contributed by atoms with Crippen LogP contribution in [0.25, 0.3) is 0 Å². The van der Waals surface area contributed by atoms with Crippen LogP contribution >= 0.6 is 11.8 Å². The third-order valence-corrected chi connectivity index (χ3v) is 4.46. The zero-order valence-electron chi connectivity index (χ0n) is 12.8. The van der Waals surface area contributed by atoms with E-state index < -0.39 is 0 Å². The Balaban J connectivity index is 1.65. The smallest absolute Gasteiger partial charge is 0.123 e. The van der Waals surface area contributed by atoms with E-state index in [1.807, 2.05) is 24.3 Å². The molecular formula is C19H16FNO2S. The zero-order chi connectivity index (χ0) is 16.9. The predicted octanol–water partition coefficient (Wildman–Crippen LogP) is 4.84. The Morgan fingerprint density at radius 3 is 2.33 bits per heavy atom. The molecule has 0 heterocycles. The molecule has 0 saturated heterocycles. The lowest BCUT2D eigenvalue weighted by atomic mass is 10.2. The molecule has 3 N–H and O–H groups in total. The van der Waals surface area contributed by atoms with Gasteiger partial charge in [0.15, 0.2) is 0 Å². The monoisotopic (exact) mass is 341 g/mol. The topological polar surface area (TPSA) is 55.5 Å². The molecule has 3 aromatic carbocycles. The van der Waals surface area contributed by atoms with Crippen molar-refractivity contribution < 1.29 is 14.2 Å². The summed E-state index contributed by atoms with van der Waals surface area (Å²) < 4.78 is 18.6. The van der Waals surface area contributed by atoms with Gasteiger partial charge in [0.25, 0.3) is 0 Å². The number of aromatic hydroxyl groups is 1. The van der Waals surface area contributed by atoms with Gasteiger partial charge in [-0.3, -0.25) is 0 Å². The van der Waals surface area contributed by atoms with Gasteiger partial charge in [-0.05, 0) is 54.1 Å². The average Bonchev–Trinajstić information content (AvgIpc) is 2.58. The van der Waals surface area contributed by atoms with Gasteiger partial charge in [-0.15, -0.1) is 0 Å². The van der Waals surface area contributed by atoms with Crippen LogP contribution in [0.5, 0.6) is 11.5 Å². The number of hydrogen-bond donors (Lipinski definition) is 2. The summed E-state index contributed by atoms with van der Waals surface area (Å²) >= 11 is 1.51. The van der Waals surface area contributed by atoms with Crippen LogP contribution < -0.4 is 10.5 Å². The van der Waals surface area contributed by atoms with E-state index in [-0.39, 0.29) is 11.6 Å². The molecule has 0 atom stereocenters. The van der Waals surface area contributed by atoms with Gasteiger partial charge in [0.2, 0.25) is 0 Å². The fourth-order valence-corrected chi connectivity index (χ4v) is 2.94. The summed E-state index contributed by atoms with van der Waals surface area (Å²) in [5.74, 6) is 0.627. The van der Waals surface area contributed by atoms with Crippen LogP contribution in [0.15, 0.2) is 76.5 Å². The highest BCUT2D eigenvalue weighted by Crippen LogP contribution is 2.34. The molecular weight excluding hydrogens is 325 g/mol. The van der Waals surface area contributed by atoms with Crippen molar-refractivity contribution in [2.24, 2.45) is 0 Å². The van der Waals surface area contributed by atoms with E-state index >= 15 is 0 Å². The summed E-state index contributed by atoms with van der Waals surface area (Å²) in [6.07, 6.45) is 0. The lowest BCUT2D eigenvalue weighted by molar-refractivity contribution is 0.306. The maximum Gasteiger partial charge on any atom is 0.123 e. The molecule has 122 valence electrons. The fourth-order valence-electron chi connectivity index (χ4n) is 2.10. The van der Waals surface area contributed by atoms with Gasteiger partial charge in [0, 0.05) is 21.5 Å². The van der Waals surface area contributed by atoms with Gasteiger partial charge in [-0.25, -0.2) is 4.39 Å². The van der Waals surface area contributed by atoms with Crippen LogP contribution in [0.4, 0.5) is 10.1 Å². The highest BCUT2D eigenvalue weighted by Gasteiger charge is 2.05. The third kappa shape index (κ3) is 4.20. The number of anilines is 1. The molecule has 24 heavy (non-hydrogen) atoms. The number of phenols is 1. The molecule has 0 aromatic heterocycles. The average molecular weight is 341 g/mol. The van der Waals surface area contributed by atoms with E-state index in [9.17, 15) is 9.50 Å². The molecule has 3 rings (SSSR count). The molecule has 0 fully saturated rings. The van der Waals surface area contributed by atoms with Gasteiger partial charge in [0.05, 0.1) is 0 Å². The van der Waals surface area contributed by atoms with Crippen molar-refractivity contribution >= 4 is 17.4 Å². The first-order chi connectivity index (χ1) is 11.6. The van der Waals surface area contributed by atoms with Crippen LogP contribution in [0, 0.1) is 5.82 Å². The molecule has 0 amide bonds. The molecule has 0 spiro atoms. The van der Waals surface area contributed by atoms with Crippen molar-refractivity contribution in [1.82, 2.24) is 0 Å². The molecule has 0 radical (unpaired) electrons. The van der Waals surface area contributed by atoms with Crippen molar-refractivity contribution in [1.29, 1.82) is 0 Å². The maximum atomic E-state index is 12.9. The molecule has 3 nitrogen and oxygen atoms in total. The first kappa shape index (κ1) is 16.2. The molecule has 0 saturated carbocycles. The highest BCUT2D eigenvalue weighted by molar-refractivity contribution is 7.99. The largest absolute Gasteiger partial charge is 0.508 e. The standard InChI is InChI=1S/C19H16FNO2S/c20-14-3-1-13(2-4-14)12-23-16-7-10-19(18(21)11-16)24-17-8-5-15(22)6-9-17/h1-11,22H,12,21H2. The molecule has 0 aliphatic rings. The molecule has 5 heteroatoms. The second-order valence-corrected chi connectivity index (χ2v) is 6.33. The normalized spacial score (nSPS) is 10.5. The number of halogens is 1. The summed E-state index contributed by atoms with van der Waals surface area (Å²) in [7, 11) is 0. The summed E-state index contributed by atoms with van der Waals surface area (Å²) in [5, 5.41) is 9.31. The first-order valence-corrected chi connectivity index (χ1v) is 8.15. The zero-order valence-corrected chi connectivity index (χ0v) is 13.6. The number of benzene rings is 3. The minimum atomic E-state index is -0.265. The quantitative estimate of drug-likeness (QED) is 0.652. The van der Waals surface area contributed by atoms with Crippen LogP contribution in [-0.2, 0) is 6.61 Å². The first-order valence-electron chi connectivity index (χ1n) is 7.34. The summed E-state index contributed by atoms with van der Waals surface area (Å²) in [6.45, 7) is 0.351. The molecule has 0 unspecified atom stereocenters. The Bertz CT molecular complexity index is 820. The van der Waals surface area contributed by atoms with Crippen molar-refractivity contribution in [2.75, 3.05) is 5.73 Å². The molecule has 0 bridgehead atoms. The number of nitrogens with two attached hydrogens (primary N) is 1. The molecule has 3 aromatic rings. The number of nitrogen functional groups attached to an aromatic ring is 1.